The van der Waals surface area contributed by atoms with E-state index in [0.717, 1.165) is 11.4 Å². The maximum atomic E-state index is 2.52. The molecule has 10 rings (SSSR count). The van der Waals surface area contributed by atoms with Crippen LogP contribution in [0.5, 0.6) is 0 Å². The van der Waals surface area contributed by atoms with Crippen molar-refractivity contribution < 1.29 is 0 Å². The van der Waals surface area contributed by atoms with Crippen LogP contribution in [-0.4, -0.2) is 0 Å². The van der Waals surface area contributed by atoms with Gasteiger partial charge in [-0.05, 0) is 174 Å². The van der Waals surface area contributed by atoms with Crippen molar-refractivity contribution in [2.75, 3.05) is 9.80 Å². The Morgan fingerprint density at radius 1 is 0.295 bits per heavy atom. The molecule has 2 nitrogen and oxygen atoms in total. The first-order chi connectivity index (χ1) is 29.7. The lowest BCUT2D eigenvalue weighted by Crippen LogP contribution is -2.14. The Kier molecular flexibility index (Phi) is 9.45. The van der Waals surface area contributed by atoms with Crippen molar-refractivity contribution in [2.24, 2.45) is 0 Å². The van der Waals surface area contributed by atoms with Gasteiger partial charge >= 0.3 is 0 Å². The second-order valence-electron chi connectivity index (χ2n) is 16.9. The molecule has 296 valence electrons. The van der Waals surface area contributed by atoms with Gasteiger partial charge in [0.15, 0.2) is 0 Å². The average molecular weight is 787 g/mol. The molecule has 0 aliphatic carbocycles. The second kappa shape index (κ2) is 15.1. The SMILES string of the molecule is Cc1ccccc1-c1ccc(C)c(N(c2ccccc2)c2cc(C)c3ccc4c(N(c5ccccc5)c5c(C)ccc(-c6ccccc6C)c5C)cc(C)c5ccc2c3c54)c1. The Bertz CT molecular complexity index is 3270. The van der Waals surface area contributed by atoms with E-state index in [9.17, 15) is 0 Å². The van der Waals surface area contributed by atoms with Crippen LogP contribution < -0.4 is 9.80 Å². The van der Waals surface area contributed by atoms with Crippen molar-refractivity contribution >= 4 is 66.4 Å². The highest BCUT2D eigenvalue weighted by molar-refractivity contribution is 6.29. The molecule has 2 heteroatoms. The Balaban J connectivity index is 1.26. The number of rotatable bonds is 8. The van der Waals surface area contributed by atoms with E-state index < -0.39 is 0 Å². The third-order valence-electron chi connectivity index (χ3n) is 13.0. The van der Waals surface area contributed by atoms with Crippen LogP contribution >= 0.6 is 0 Å². The Hall–Kier alpha value is -7.16. The summed E-state index contributed by atoms with van der Waals surface area (Å²) in [7, 11) is 0. The monoisotopic (exact) mass is 786 g/mol. The van der Waals surface area contributed by atoms with E-state index in [0.29, 0.717) is 0 Å². The van der Waals surface area contributed by atoms with Gasteiger partial charge in [0, 0.05) is 27.8 Å². The van der Waals surface area contributed by atoms with Crippen LogP contribution in [0.3, 0.4) is 0 Å². The highest BCUT2D eigenvalue weighted by atomic mass is 15.2. The van der Waals surface area contributed by atoms with Crippen molar-refractivity contribution in [2.45, 2.75) is 48.5 Å². The predicted octanol–water partition coefficient (Wildman–Crippen LogP) is 17.0. The predicted molar refractivity (Wildman–Crippen MR) is 264 cm³/mol. The van der Waals surface area contributed by atoms with Crippen molar-refractivity contribution in [1.29, 1.82) is 0 Å². The molecule has 0 N–H and O–H groups in total. The zero-order valence-corrected chi connectivity index (χ0v) is 36.1. The number of benzene rings is 10. The summed E-state index contributed by atoms with van der Waals surface area (Å²) in [4.78, 5) is 5.01. The van der Waals surface area contributed by atoms with E-state index >= 15 is 0 Å². The Morgan fingerprint density at radius 2 is 0.770 bits per heavy atom. The lowest BCUT2D eigenvalue weighted by Gasteiger charge is -2.32. The van der Waals surface area contributed by atoms with E-state index in [1.54, 1.807) is 0 Å². The summed E-state index contributed by atoms with van der Waals surface area (Å²) in [6, 6.07) is 65.1. The maximum absolute atomic E-state index is 2.52. The molecule has 10 aromatic carbocycles. The molecule has 0 atom stereocenters. The van der Waals surface area contributed by atoms with Crippen LogP contribution in [0, 0.1) is 48.5 Å². The fraction of sp³-hybridized carbons (Fsp3) is 0.119. The number of hydrogen-bond acceptors (Lipinski definition) is 2. The van der Waals surface area contributed by atoms with Crippen LogP contribution in [0.25, 0.3) is 54.6 Å². The fourth-order valence-electron chi connectivity index (χ4n) is 9.88. The minimum absolute atomic E-state index is 1.13. The molecular formula is C59H50N2. The summed E-state index contributed by atoms with van der Waals surface area (Å²) >= 11 is 0. The van der Waals surface area contributed by atoms with E-state index in [1.807, 2.05) is 0 Å². The van der Waals surface area contributed by atoms with Gasteiger partial charge in [0.1, 0.15) is 0 Å². The largest absolute Gasteiger partial charge is 0.310 e. The van der Waals surface area contributed by atoms with E-state index in [2.05, 4.69) is 234 Å². The van der Waals surface area contributed by atoms with E-state index in [1.165, 1.54) is 116 Å². The lowest BCUT2D eigenvalue weighted by molar-refractivity contribution is 1.22. The van der Waals surface area contributed by atoms with Crippen molar-refractivity contribution in [3.8, 4) is 22.3 Å². The number of nitrogens with zero attached hydrogens (tertiary/aromatic N) is 2. The first-order valence-electron chi connectivity index (χ1n) is 21.4. The molecule has 0 fully saturated rings. The molecule has 10 aromatic rings. The van der Waals surface area contributed by atoms with Crippen LogP contribution in [0.15, 0.2) is 176 Å². The molecule has 0 bridgehead atoms. The summed E-state index contributed by atoms with van der Waals surface area (Å²) < 4.78 is 0. The minimum atomic E-state index is 1.13. The quantitative estimate of drug-likeness (QED) is 0.142. The Labute approximate surface area is 360 Å². The molecule has 0 heterocycles. The normalized spacial score (nSPS) is 11.5. The fourth-order valence-corrected chi connectivity index (χ4v) is 9.88. The standard InChI is InChI=1S/C59H50N2/c1-37-18-14-16-24-47(37)44-28-26-39(3)54(36-44)60(45-20-10-8-11-21-45)55-34-41(5)49-31-33-53-56(35-42(6)50-30-32-52(55)57(49)58(50)53)61(46-22-12-9-13-23-46)59-40(4)27-29-51(43(59)7)48-25-17-15-19-38(48)2/h8-36H,1-7H3. The first-order valence-corrected chi connectivity index (χ1v) is 21.4. The summed E-state index contributed by atoms with van der Waals surface area (Å²) in [6.07, 6.45) is 0. The van der Waals surface area contributed by atoms with Crippen LogP contribution in [0.1, 0.15) is 38.9 Å². The van der Waals surface area contributed by atoms with Gasteiger partial charge in [-0.1, -0.05) is 133 Å². The van der Waals surface area contributed by atoms with Gasteiger partial charge in [-0.2, -0.15) is 0 Å². The second-order valence-corrected chi connectivity index (χ2v) is 16.9. The lowest BCUT2D eigenvalue weighted by atomic mass is 9.87. The molecular weight excluding hydrogens is 737 g/mol. The van der Waals surface area contributed by atoms with Gasteiger partial charge in [-0.25, -0.2) is 0 Å². The average Bonchev–Trinajstić information content (AvgIpc) is 3.28. The van der Waals surface area contributed by atoms with E-state index in [4.69, 9.17) is 0 Å². The van der Waals surface area contributed by atoms with Gasteiger partial charge in [0.2, 0.25) is 0 Å². The summed E-state index contributed by atoms with van der Waals surface area (Å²) in [5.74, 6) is 0. The molecule has 0 radical (unpaired) electrons. The highest BCUT2D eigenvalue weighted by Crippen LogP contribution is 2.51. The van der Waals surface area contributed by atoms with Crippen LogP contribution in [0.2, 0.25) is 0 Å². The molecule has 0 aliphatic rings. The Morgan fingerprint density at radius 3 is 1.34 bits per heavy atom. The van der Waals surface area contributed by atoms with Crippen molar-refractivity contribution in [1.82, 2.24) is 0 Å². The number of para-hydroxylation sites is 2. The third kappa shape index (κ3) is 6.33. The number of aryl methyl sites for hydroxylation is 6. The number of hydrogen-bond donors (Lipinski definition) is 0. The number of anilines is 6. The molecule has 0 saturated heterocycles. The third-order valence-corrected chi connectivity index (χ3v) is 13.0. The van der Waals surface area contributed by atoms with Gasteiger partial charge in [-0.3, -0.25) is 0 Å². The van der Waals surface area contributed by atoms with Gasteiger partial charge in [-0.15, -0.1) is 0 Å². The van der Waals surface area contributed by atoms with Crippen LogP contribution in [0.4, 0.5) is 34.1 Å². The van der Waals surface area contributed by atoms with Crippen molar-refractivity contribution in [3.63, 3.8) is 0 Å². The molecule has 0 aliphatic heterocycles. The zero-order chi connectivity index (χ0) is 41.9. The van der Waals surface area contributed by atoms with Crippen molar-refractivity contribution in [3.05, 3.63) is 215 Å². The topological polar surface area (TPSA) is 6.48 Å². The van der Waals surface area contributed by atoms with Gasteiger partial charge < -0.3 is 9.80 Å². The molecule has 0 amide bonds. The first kappa shape index (κ1) is 38.1. The molecule has 61 heavy (non-hydrogen) atoms. The maximum Gasteiger partial charge on any atom is 0.0543 e. The van der Waals surface area contributed by atoms with Gasteiger partial charge in [0.25, 0.3) is 0 Å². The summed E-state index contributed by atoms with van der Waals surface area (Å²) in [5, 5.41) is 7.65. The molecule has 0 saturated carbocycles. The zero-order valence-electron chi connectivity index (χ0n) is 36.1. The smallest absolute Gasteiger partial charge is 0.0543 e. The molecule has 0 aromatic heterocycles. The van der Waals surface area contributed by atoms with Crippen LogP contribution in [-0.2, 0) is 0 Å². The summed E-state index contributed by atoms with van der Waals surface area (Å²) in [5.41, 5.74) is 20.8. The molecule has 0 spiro atoms. The minimum Gasteiger partial charge on any atom is -0.310 e. The van der Waals surface area contributed by atoms with E-state index in [-0.39, 0.29) is 0 Å². The molecule has 0 unspecified atom stereocenters. The highest BCUT2D eigenvalue weighted by Gasteiger charge is 2.26. The van der Waals surface area contributed by atoms with Gasteiger partial charge in [0.05, 0.1) is 17.1 Å². The summed E-state index contributed by atoms with van der Waals surface area (Å²) in [6.45, 7) is 15.8.